The van der Waals surface area contributed by atoms with Crippen molar-refractivity contribution >= 4 is 58.3 Å². The molecule has 73 heavy (non-hydrogen) atoms. The number of nitrogens with one attached hydrogen (secondary N) is 6. The number of guanidine groups is 1. The normalized spacial score (nSPS) is 17.3. The Balaban J connectivity index is 1.37. The number of rotatable bonds is 30. The van der Waals surface area contributed by atoms with Gasteiger partial charge in [0.05, 0.1) is 6.04 Å². The van der Waals surface area contributed by atoms with Crippen LogP contribution in [0.4, 0.5) is 0 Å². The van der Waals surface area contributed by atoms with Gasteiger partial charge in [0.2, 0.25) is 35.4 Å². The first-order chi connectivity index (χ1) is 35.2. The molecule has 21 heteroatoms. The van der Waals surface area contributed by atoms with Gasteiger partial charge in [-0.15, -0.1) is 0 Å². The molecule has 1 aliphatic heterocycles. The number of amides is 6. The van der Waals surface area contributed by atoms with Gasteiger partial charge in [-0.3, -0.25) is 33.8 Å². The molecule has 6 amide bonds. The molecule has 400 valence electrons. The summed E-state index contributed by atoms with van der Waals surface area (Å²) in [6, 6.07) is 8.89. The van der Waals surface area contributed by atoms with Gasteiger partial charge >= 0.3 is 5.97 Å². The average Bonchev–Trinajstić information content (AvgIpc) is 4.04. The van der Waals surface area contributed by atoms with Crippen LogP contribution >= 0.6 is 0 Å². The van der Waals surface area contributed by atoms with E-state index >= 15 is 0 Å². The lowest BCUT2D eigenvalue weighted by atomic mass is 9.84. The number of nitrogens with zero attached hydrogens (tertiary/aromatic N) is 2. The summed E-state index contributed by atoms with van der Waals surface area (Å²) in [4.78, 5) is 107. The molecule has 21 nitrogen and oxygen atoms in total. The van der Waals surface area contributed by atoms with Gasteiger partial charge in [-0.2, -0.15) is 0 Å². The van der Waals surface area contributed by atoms with Gasteiger partial charge in [-0.25, -0.2) is 4.79 Å². The molecule has 0 bridgehead atoms. The number of aromatic nitrogens is 1. The molecule has 0 radical (unpaired) electrons. The van der Waals surface area contributed by atoms with Gasteiger partial charge in [0, 0.05) is 43.0 Å². The highest BCUT2D eigenvalue weighted by Gasteiger charge is 2.40. The zero-order valence-electron chi connectivity index (χ0n) is 42.0. The van der Waals surface area contributed by atoms with Crippen LogP contribution in [0.1, 0.15) is 114 Å². The van der Waals surface area contributed by atoms with Crippen LogP contribution in [-0.4, -0.2) is 131 Å². The standard InChI is InChI=1S/C52H79N13O8/c53-25-11-9-20-37(55)45(66)62-41(29-33-15-3-1-4-16-33)46(67)60-39(22-10-12-26-54)50(71)65-28-14-24-44(65)49(70)64-42(30-34-17-5-2-6-18-34)47(68)63-43(31-35-32-59-38-21-8-7-19-36(35)38)48(69)61-40(51(72)73)23-13-27-58-52(56)57/h1,3-4,7-8,15-16,19,21,32,34,37,39-44,59H,2,5-6,9-14,17-18,20,22-31,53-55H2,(H,60,67)(H,61,69)(H,62,66)(H,63,68)(H,64,70)(H,72,73)(H4,56,57,58)/t37-,39-,40+,41-,42+,43-,44-/m0/s1. The van der Waals surface area contributed by atoms with Crippen LogP contribution < -0.4 is 55.3 Å². The summed E-state index contributed by atoms with van der Waals surface area (Å²) in [6.45, 7) is 1.17. The van der Waals surface area contributed by atoms with E-state index in [1.807, 2.05) is 54.6 Å². The van der Waals surface area contributed by atoms with Crippen molar-refractivity contribution in [1.29, 1.82) is 0 Å². The fourth-order valence-electron chi connectivity index (χ4n) is 9.79. The minimum absolute atomic E-state index is 0.00826. The molecule has 2 aromatic carbocycles. The zero-order chi connectivity index (χ0) is 52.7. The smallest absolute Gasteiger partial charge is 0.326 e. The van der Waals surface area contributed by atoms with Gasteiger partial charge in [-0.05, 0) is 100 Å². The van der Waals surface area contributed by atoms with Crippen molar-refractivity contribution in [2.75, 3.05) is 26.2 Å². The fourth-order valence-corrected chi connectivity index (χ4v) is 9.79. The third-order valence-corrected chi connectivity index (χ3v) is 13.8. The Kier molecular flexibility index (Phi) is 23.4. The quantitative estimate of drug-likeness (QED) is 0.0253. The lowest BCUT2D eigenvalue weighted by molar-refractivity contribution is -0.143. The van der Waals surface area contributed by atoms with Crippen molar-refractivity contribution in [3.05, 3.63) is 71.9 Å². The number of aliphatic carboxylic acids is 1. The summed E-state index contributed by atoms with van der Waals surface area (Å²) in [6.07, 6.45) is 10.8. The summed E-state index contributed by atoms with van der Waals surface area (Å²) in [5.74, 6) is -4.84. The first-order valence-corrected chi connectivity index (χ1v) is 26.0. The van der Waals surface area contributed by atoms with Crippen molar-refractivity contribution in [2.45, 2.75) is 158 Å². The maximum absolute atomic E-state index is 14.7. The van der Waals surface area contributed by atoms with E-state index in [4.69, 9.17) is 28.7 Å². The summed E-state index contributed by atoms with van der Waals surface area (Å²) in [5.41, 5.74) is 30.9. The maximum Gasteiger partial charge on any atom is 0.326 e. The van der Waals surface area contributed by atoms with Crippen LogP contribution in [0.15, 0.2) is 65.8 Å². The number of hydrogen-bond donors (Lipinski definition) is 12. The number of fused-ring (bicyclic) bond motifs is 1. The molecule has 7 atom stereocenters. The summed E-state index contributed by atoms with van der Waals surface area (Å²) in [7, 11) is 0. The van der Waals surface area contributed by atoms with Crippen LogP contribution in [0, 0.1) is 5.92 Å². The van der Waals surface area contributed by atoms with Crippen molar-refractivity contribution in [1.82, 2.24) is 36.5 Å². The number of likely N-dealkylation sites (tertiary alicyclic amines) is 1. The van der Waals surface area contributed by atoms with E-state index in [0.29, 0.717) is 63.6 Å². The molecule has 2 fully saturated rings. The van der Waals surface area contributed by atoms with E-state index in [0.717, 1.165) is 48.6 Å². The van der Waals surface area contributed by atoms with Crippen LogP contribution in [0.5, 0.6) is 0 Å². The van der Waals surface area contributed by atoms with E-state index in [1.54, 1.807) is 6.20 Å². The van der Waals surface area contributed by atoms with Crippen molar-refractivity contribution in [2.24, 2.45) is 39.6 Å². The Morgan fingerprint density at radius 3 is 1.95 bits per heavy atom. The predicted molar refractivity (Wildman–Crippen MR) is 279 cm³/mol. The van der Waals surface area contributed by atoms with Crippen LogP contribution in [0.25, 0.3) is 10.9 Å². The van der Waals surface area contributed by atoms with Gasteiger partial charge in [0.15, 0.2) is 5.96 Å². The Morgan fingerprint density at radius 1 is 0.658 bits per heavy atom. The molecule has 1 saturated carbocycles. The first-order valence-electron chi connectivity index (χ1n) is 26.0. The number of aromatic amines is 1. The van der Waals surface area contributed by atoms with E-state index in [2.05, 4.69) is 36.6 Å². The molecule has 5 rings (SSSR count). The van der Waals surface area contributed by atoms with E-state index in [-0.39, 0.29) is 63.5 Å². The van der Waals surface area contributed by atoms with Crippen LogP contribution in [0.2, 0.25) is 0 Å². The number of hydrogen-bond acceptors (Lipinski definition) is 11. The number of unbranched alkanes of at least 4 members (excludes halogenated alkanes) is 2. The number of carboxylic acids is 1. The SMILES string of the molecule is NCCCC[C@H](NC(=O)[C@H](Cc1ccccc1)NC(=O)[C@@H](N)CCCCN)C(=O)N1CCC[C@H]1C(=O)N[C@H](CC1CCCCC1)C(=O)N[C@@H](Cc1c[nH]c2ccccc12)C(=O)N[C@H](CCCN=C(N)N)C(=O)O. The van der Waals surface area contributed by atoms with Crippen LogP contribution in [-0.2, 0) is 46.4 Å². The molecule has 1 saturated heterocycles. The monoisotopic (exact) mass is 1010 g/mol. The first kappa shape index (κ1) is 57.3. The third-order valence-electron chi connectivity index (χ3n) is 13.8. The molecular weight excluding hydrogens is 935 g/mol. The number of H-pyrrole nitrogens is 1. The molecule has 1 aliphatic carbocycles. The number of aliphatic imine (C=N–C) groups is 1. The van der Waals surface area contributed by atoms with Crippen molar-refractivity contribution in [3.63, 3.8) is 0 Å². The van der Waals surface area contributed by atoms with Crippen molar-refractivity contribution < 1.29 is 38.7 Å². The minimum atomic E-state index is -1.32. The lowest BCUT2D eigenvalue weighted by Gasteiger charge is -2.32. The van der Waals surface area contributed by atoms with E-state index in [9.17, 15) is 38.7 Å². The average molecular weight is 1010 g/mol. The largest absolute Gasteiger partial charge is 0.480 e. The van der Waals surface area contributed by atoms with Crippen molar-refractivity contribution in [3.8, 4) is 0 Å². The van der Waals surface area contributed by atoms with E-state index in [1.165, 1.54) is 4.90 Å². The highest BCUT2D eigenvalue weighted by molar-refractivity contribution is 5.97. The number of carbonyl (C=O) groups is 7. The molecule has 3 aromatic rings. The summed E-state index contributed by atoms with van der Waals surface area (Å²) < 4.78 is 0. The number of carboxylic acid groups (broad SMARTS) is 1. The summed E-state index contributed by atoms with van der Waals surface area (Å²) >= 11 is 0. The van der Waals surface area contributed by atoms with Gasteiger partial charge in [0.1, 0.15) is 36.3 Å². The van der Waals surface area contributed by atoms with Crippen LogP contribution in [0.3, 0.4) is 0 Å². The molecule has 0 unspecified atom stereocenters. The number of carbonyl (C=O) groups excluding carboxylic acids is 6. The highest BCUT2D eigenvalue weighted by Crippen LogP contribution is 2.28. The Morgan fingerprint density at radius 2 is 1.26 bits per heavy atom. The van der Waals surface area contributed by atoms with E-state index < -0.39 is 83.7 Å². The second-order valence-electron chi connectivity index (χ2n) is 19.5. The number of benzene rings is 2. The highest BCUT2D eigenvalue weighted by atomic mass is 16.4. The number of nitrogens with two attached hydrogens (primary N) is 5. The Bertz CT molecular complexity index is 2300. The van der Waals surface area contributed by atoms with Gasteiger partial charge < -0.3 is 70.2 Å². The summed E-state index contributed by atoms with van der Waals surface area (Å²) in [5, 5.41) is 25.1. The molecule has 0 spiro atoms. The maximum atomic E-state index is 14.7. The third kappa shape index (κ3) is 18.1. The zero-order valence-corrected chi connectivity index (χ0v) is 42.0. The predicted octanol–water partition coefficient (Wildman–Crippen LogP) is 1.06. The lowest BCUT2D eigenvalue weighted by Crippen LogP contribution is -2.60. The fraction of sp³-hybridized carbons (Fsp3) is 0.577. The molecule has 17 N–H and O–H groups in total. The Labute approximate surface area is 427 Å². The topological polar surface area (TPSA) is 361 Å². The number of para-hydroxylation sites is 1. The molecule has 1 aromatic heterocycles. The molecular formula is C52H79N13O8. The Hall–Kier alpha value is -6.58. The van der Waals surface area contributed by atoms with Gasteiger partial charge in [0.25, 0.3) is 0 Å². The molecule has 2 heterocycles. The van der Waals surface area contributed by atoms with Gasteiger partial charge in [-0.1, -0.05) is 87.1 Å². The second-order valence-corrected chi connectivity index (χ2v) is 19.5. The minimum Gasteiger partial charge on any atom is -0.480 e. The second kappa shape index (κ2) is 29.8. The molecule has 2 aliphatic rings.